The Morgan fingerprint density at radius 1 is 1.29 bits per heavy atom. The van der Waals surface area contributed by atoms with Gasteiger partial charge in [0.1, 0.15) is 5.75 Å². The van der Waals surface area contributed by atoms with Gasteiger partial charge in [-0.2, -0.15) is 0 Å². The first kappa shape index (κ1) is 15.3. The fraction of sp³-hybridized carbons (Fsp3) is 0.467. The van der Waals surface area contributed by atoms with Gasteiger partial charge in [-0.25, -0.2) is 0 Å². The number of aliphatic hydroxyl groups is 1. The highest BCUT2D eigenvalue weighted by molar-refractivity contribution is 5.94. The first-order valence-corrected chi connectivity index (χ1v) is 6.95. The summed E-state index contributed by atoms with van der Waals surface area (Å²) in [4.78, 5) is 22.6. The second-order valence-electron chi connectivity index (χ2n) is 5.44. The quantitative estimate of drug-likeness (QED) is 0.647. The Balaban J connectivity index is 1.84. The largest absolute Gasteiger partial charge is 0.484 e. The van der Waals surface area contributed by atoms with Crippen molar-refractivity contribution < 1.29 is 19.4 Å². The van der Waals surface area contributed by atoms with Crippen molar-refractivity contribution in [2.75, 3.05) is 19.8 Å². The van der Waals surface area contributed by atoms with Gasteiger partial charge in [-0.05, 0) is 48.9 Å². The van der Waals surface area contributed by atoms with E-state index in [9.17, 15) is 9.59 Å². The lowest BCUT2D eigenvalue weighted by molar-refractivity contribution is -0.119. The number of primary amides is 1. The molecule has 1 aromatic carbocycles. The predicted octanol–water partition coefficient (Wildman–Crippen LogP) is 0.443. The molecule has 6 nitrogen and oxygen atoms in total. The molecule has 21 heavy (non-hydrogen) atoms. The molecule has 0 atom stereocenters. The van der Waals surface area contributed by atoms with Crippen LogP contribution in [0.5, 0.6) is 5.75 Å². The van der Waals surface area contributed by atoms with Gasteiger partial charge in [0.2, 0.25) is 0 Å². The van der Waals surface area contributed by atoms with E-state index in [2.05, 4.69) is 5.32 Å². The van der Waals surface area contributed by atoms with E-state index in [0.29, 0.717) is 17.9 Å². The second-order valence-corrected chi connectivity index (χ2v) is 5.44. The zero-order valence-electron chi connectivity index (χ0n) is 11.8. The fourth-order valence-electron chi connectivity index (χ4n) is 2.16. The van der Waals surface area contributed by atoms with Crippen LogP contribution in [-0.2, 0) is 4.79 Å². The van der Waals surface area contributed by atoms with Crippen LogP contribution in [0.25, 0.3) is 0 Å². The molecule has 1 fully saturated rings. The molecule has 2 rings (SSSR count). The van der Waals surface area contributed by atoms with Crippen molar-refractivity contribution in [1.82, 2.24) is 5.32 Å². The molecule has 0 saturated heterocycles. The molecule has 0 radical (unpaired) electrons. The van der Waals surface area contributed by atoms with Crippen LogP contribution < -0.4 is 15.8 Å². The molecule has 0 heterocycles. The van der Waals surface area contributed by atoms with Gasteiger partial charge in [-0.1, -0.05) is 0 Å². The minimum Gasteiger partial charge on any atom is -0.484 e. The first-order valence-electron chi connectivity index (χ1n) is 6.95. The summed E-state index contributed by atoms with van der Waals surface area (Å²) in [6.45, 7) is 0.559. The molecule has 0 spiro atoms. The zero-order valence-corrected chi connectivity index (χ0v) is 11.8. The molecular weight excluding hydrogens is 272 g/mol. The molecule has 2 amide bonds. The van der Waals surface area contributed by atoms with Gasteiger partial charge in [0.25, 0.3) is 11.8 Å². The standard InChI is InChI=1S/C15H20N2O4/c16-13(19)9-21-12-3-1-11(2-4-12)14(20)17-10-15(5-6-15)7-8-18/h1-4,18H,5-10H2,(H2,16,19)(H,17,20). The van der Waals surface area contributed by atoms with E-state index >= 15 is 0 Å². The molecule has 1 saturated carbocycles. The number of hydrogen-bond donors (Lipinski definition) is 3. The number of carbonyl (C=O) groups excluding carboxylic acids is 2. The minimum atomic E-state index is -0.546. The molecule has 0 unspecified atom stereocenters. The molecule has 1 aliphatic rings. The second kappa shape index (κ2) is 6.58. The molecule has 4 N–H and O–H groups in total. The zero-order chi connectivity index (χ0) is 15.3. The van der Waals surface area contributed by atoms with E-state index in [-0.39, 0.29) is 24.5 Å². The summed E-state index contributed by atoms with van der Waals surface area (Å²) in [5.74, 6) is -0.208. The van der Waals surface area contributed by atoms with Crippen molar-refractivity contribution in [1.29, 1.82) is 0 Å². The van der Waals surface area contributed by atoms with Crippen LogP contribution in [-0.4, -0.2) is 36.7 Å². The number of amides is 2. The third kappa shape index (κ3) is 4.46. The van der Waals surface area contributed by atoms with Gasteiger partial charge in [-0.3, -0.25) is 9.59 Å². The Bertz CT molecular complexity index is 509. The average Bonchev–Trinajstić information content (AvgIpc) is 3.24. The summed E-state index contributed by atoms with van der Waals surface area (Å²) >= 11 is 0. The molecule has 0 aromatic heterocycles. The molecule has 1 aromatic rings. The van der Waals surface area contributed by atoms with Crippen LogP contribution in [0, 0.1) is 5.41 Å². The summed E-state index contributed by atoms with van der Waals surface area (Å²) in [6.07, 6.45) is 2.83. The molecule has 1 aliphatic carbocycles. The maximum Gasteiger partial charge on any atom is 0.255 e. The SMILES string of the molecule is NC(=O)COc1ccc(C(=O)NCC2(CCO)CC2)cc1. The van der Waals surface area contributed by atoms with Gasteiger partial charge in [0.05, 0.1) is 0 Å². The molecule has 114 valence electrons. The third-order valence-electron chi connectivity index (χ3n) is 3.72. The number of benzene rings is 1. The summed E-state index contributed by atoms with van der Waals surface area (Å²) < 4.78 is 5.12. The van der Waals surface area contributed by atoms with Gasteiger partial charge >= 0.3 is 0 Å². The Kier molecular flexibility index (Phi) is 4.80. The minimum absolute atomic E-state index is 0.0922. The highest BCUT2D eigenvalue weighted by Gasteiger charge is 2.41. The summed E-state index contributed by atoms with van der Waals surface area (Å²) in [5.41, 5.74) is 5.60. The van der Waals surface area contributed by atoms with E-state index in [1.54, 1.807) is 24.3 Å². The Hall–Kier alpha value is -2.08. The average molecular weight is 292 g/mol. The summed E-state index contributed by atoms with van der Waals surface area (Å²) in [7, 11) is 0. The van der Waals surface area contributed by atoms with Gasteiger partial charge in [0, 0.05) is 18.7 Å². The topological polar surface area (TPSA) is 102 Å². The number of rotatable bonds is 8. The molecule has 0 bridgehead atoms. The van der Waals surface area contributed by atoms with Gasteiger partial charge in [0.15, 0.2) is 6.61 Å². The van der Waals surface area contributed by atoms with E-state index < -0.39 is 5.91 Å². The van der Waals surface area contributed by atoms with E-state index in [1.807, 2.05) is 0 Å². The van der Waals surface area contributed by atoms with Crippen molar-refractivity contribution in [3.63, 3.8) is 0 Å². The summed E-state index contributed by atoms with van der Waals surface area (Å²) in [6, 6.07) is 6.52. The lowest BCUT2D eigenvalue weighted by Crippen LogP contribution is -2.30. The lowest BCUT2D eigenvalue weighted by atomic mass is 10.0. The number of nitrogens with one attached hydrogen (secondary N) is 1. The molecule has 0 aliphatic heterocycles. The monoisotopic (exact) mass is 292 g/mol. The number of ether oxygens (including phenoxy) is 1. The van der Waals surface area contributed by atoms with Crippen LogP contribution in [0.15, 0.2) is 24.3 Å². The lowest BCUT2D eigenvalue weighted by Gasteiger charge is -2.14. The van der Waals surface area contributed by atoms with Crippen LogP contribution in [0.3, 0.4) is 0 Å². The van der Waals surface area contributed by atoms with Crippen molar-refractivity contribution >= 4 is 11.8 Å². The van der Waals surface area contributed by atoms with Crippen molar-refractivity contribution in [2.24, 2.45) is 11.1 Å². The van der Waals surface area contributed by atoms with E-state index in [1.165, 1.54) is 0 Å². The van der Waals surface area contributed by atoms with Gasteiger partial charge in [-0.15, -0.1) is 0 Å². The Morgan fingerprint density at radius 3 is 2.48 bits per heavy atom. The van der Waals surface area contributed by atoms with Crippen LogP contribution in [0.1, 0.15) is 29.6 Å². The van der Waals surface area contributed by atoms with Crippen molar-refractivity contribution in [3.8, 4) is 5.75 Å². The maximum atomic E-state index is 12.0. The fourth-order valence-corrected chi connectivity index (χ4v) is 2.16. The normalized spacial score (nSPS) is 15.3. The molecular formula is C15H20N2O4. The Morgan fingerprint density at radius 2 is 1.95 bits per heavy atom. The summed E-state index contributed by atoms with van der Waals surface area (Å²) in [5, 5.41) is 11.9. The number of carbonyl (C=O) groups is 2. The predicted molar refractivity (Wildman–Crippen MR) is 76.8 cm³/mol. The smallest absolute Gasteiger partial charge is 0.255 e. The van der Waals surface area contributed by atoms with Crippen molar-refractivity contribution in [3.05, 3.63) is 29.8 Å². The van der Waals surface area contributed by atoms with Crippen LogP contribution in [0.2, 0.25) is 0 Å². The van der Waals surface area contributed by atoms with Crippen molar-refractivity contribution in [2.45, 2.75) is 19.3 Å². The molecule has 6 heteroatoms. The van der Waals surface area contributed by atoms with Crippen LogP contribution >= 0.6 is 0 Å². The van der Waals surface area contributed by atoms with Gasteiger partial charge < -0.3 is 20.9 Å². The Labute approximate surface area is 123 Å². The van der Waals surface area contributed by atoms with E-state index in [4.69, 9.17) is 15.6 Å². The third-order valence-corrected chi connectivity index (χ3v) is 3.72. The van der Waals surface area contributed by atoms with Crippen LogP contribution in [0.4, 0.5) is 0 Å². The highest BCUT2D eigenvalue weighted by atomic mass is 16.5. The van der Waals surface area contributed by atoms with E-state index in [0.717, 1.165) is 19.3 Å². The highest BCUT2D eigenvalue weighted by Crippen LogP contribution is 2.47. The maximum absolute atomic E-state index is 12.0. The number of aliphatic hydroxyl groups excluding tert-OH is 1. The first-order chi connectivity index (χ1) is 10.0. The number of hydrogen-bond acceptors (Lipinski definition) is 4. The number of nitrogens with two attached hydrogens (primary N) is 1.